The molecule has 1 aromatic carbocycles. The fourth-order valence-electron chi connectivity index (χ4n) is 5.09. The van der Waals surface area contributed by atoms with Gasteiger partial charge in [0.1, 0.15) is 0 Å². The molecular formula is C27H33N5O3. The zero-order valence-electron chi connectivity index (χ0n) is 20.9. The molecule has 1 aliphatic rings. The van der Waals surface area contributed by atoms with Crippen molar-refractivity contribution >= 4 is 21.9 Å². The van der Waals surface area contributed by atoms with Crippen molar-refractivity contribution in [3.05, 3.63) is 52.7 Å². The monoisotopic (exact) mass is 475 g/mol. The normalized spacial score (nSPS) is 18.2. The summed E-state index contributed by atoms with van der Waals surface area (Å²) in [4.78, 5) is 27.4. The lowest BCUT2D eigenvalue weighted by molar-refractivity contribution is 0.108. The number of fused-ring (bicyclic) bond motifs is 3. The molecule has 35 heavy (non-hydrogen) atoms. The lowest BCUT2D eigenvalue weighted by Crippen LogP contribution is -2.15. The Morgan fingerprint density at radius 3 is 2.71 bits per heavy atom. The van der Waals surface area contributed by atoms with Crippen molar-refractivity contribution in [1.29, 1.82) is 0 Å². The Hall–Kier alpha value is -3.23. The second-order valence-electron chi connectivity index (χ2n) is 9.70. The minimum absolute atomic E-state index is 0.125. The number of nitrogens with one attached hydrogen (secondary N) is 1. The number of benzene rings is 1. The number of aromatic amines is 1. The van der Waals surface area contributed by atoms with Crippen molar-refractivity contribution in [3.8, 4) is 17.0 Å². The van der Waals surface area contributed by atoms with Crippen LogP contribution in [0.25, 0.3) is 33.1 Å². The van der Waals surface area contributed by atoms with E-state index in [0.29, 0.717) is 12.5 Å². The highest BCUT2D eigenvalue weighted by molar-refractivity contribution is 6.04. The molecule has 184 valence electrons. The minimum atomic E-state index is -0.125. The molecule has 0 spiro atoms. The maximum absolute atomic E-state index is 12.6. The van der Waals surface area contributed by atoms with E-state index in [1.54, 1.807) is 11.7 Å². The van der Waals surface area contributed by atoms with Gasteiger partial charge in [-0.15, -0.1) is 0 Å². The van der Waals surface area contributed by atoms with Crippen LogP contribution in [0.4, 0.5) is 0 Å². The fraction of sp³-hybridized carbons (Fsp3) is 0.444. The Labute approximate surface area is 204 Å². The van der Waals surface area contributed by atoms with Crippen LogP contribution in [0.2, 0.25) is 0 Å². The van der Waals surface area contributed by atoms with E-state index in [2.05, 4.69) is 41.1 Å². The number of pyridine rings is 2. The summed E-state index contributed by atoms with van der Waals surface area (Å²) in [6.45, 7) is 1.62. The second kappa shape index (κ2) is 9.79. The smallest absolute Gasteiger partial charge is 0.326 e. The summed E-state index contributed by atoms with van der Waals surface area (Å²) in [5, 5.41) is 0.934. The summed E-state index contributed by atoms with van der Waals surface area (Å²) in [7, 11) is 7.68. The van der Waals surface area contributed by atoms with Crippen LogP contribution in [0.15, 0.2) is 41.3 Å². The van der Waals surface area contributed by atoms with Crippen LogP contribution >= 0.6 is 0 Å². The van der Waals surface area contributed by atoms with Crippen LogP contribution in [0, 0.1) is 0 Å². The molecule has 1 fully saturated rings. The van der Waals surface area contributed by atoms with Gasteiger partial charge in [0.05, 0.1) is 35.0 Å². The molecule has 8 heteroatoms. The van der Waals surface area contributed by atoms with Crippen molar-refractivity contribution in [3.63, 3.8) is 0 Å². The molecule has 3 aromatic heterocycles. The number of methoxy groups -OCH3 is 1. The summed E-state index contributed by atoms with van der Waals surface area (Å²) in [6.07, 6.45) is 5.99. The number of aryl methyl sites for hydroxylation is 1. The zero-order chi connectivity index (χ0) is 24.5. The molecular weight excluding hydrogens is 442 g/mol. The third-order valence-corrected chi connectivity index (χ3v) is 7.03. The SMILES string of the molecule is CO[C@H]1CC[C@H](c2nc3ccc(-c4ccc(OCCCN(C)C)nc4)cc3c3[nH]c(=O)n(C)c23)C1. The van der Waals surface area contributed by atoms with Gasteiger partial charge in [-0.25, -0.2) is 9.78 Å². The van der Waals surface area contributed by atoms with E-state index in [1.807, 2.05) is 31.4 Å². The third-order valence-electron chi connectivity index (χ3n) is 7.03. The Balaban J connectivity index is 1.47. The van der Waals surface area contributed by atoms with Crippen LogP contribution in [-0.2, 0) is 11.8 Å². The first kappa shape index (κ1) is 23.5. The Bertz CT molecular complexity index is 1390. The van der Waals surface area contributed by atoms with Gasteiger partial charge < -0.3 is 19.4 Å². The van der Waals surface area contributed by atoms with Gasteiger partial charge in [-0.1, -0.05) is 6.07 Å². The van der Waals surface area contributed by atoms with Crippen LogP contribution in [0.1, 0.15) is 37.3 Å². The summed E-state index contributed by atoms with van der Waals surface area (Å²) in [5.41, 5.74) is 5.48. The molecule has 1 saturated carbocycles. The van der Waals surface area contributed by atoms with E-state index in [-0.39, 0.29) is 17.7 Å². The largest absolute Gasteiger partial charge is 0.478 e. The van der Waals surface area contributed by atoms with Gasteiger partial charge in [-0.2, -0.15) is 0 Å². The minimum Gasteiger partial charge on any atom is -0.478 e. The van der Waals surface area contributed by atoms with Crippen molar-refractivity contribution in [1.82, 2.24) is 24.4 Å². The zero-order valence-corrected chi connectivity index (χ0v) is 20.9. The average molecular weight is 476 g/mol. The van der Waals surface area contributed by atoms with Crippen LogP contribution in [-0.4, -0.2) is 64.9 Å². The lowest BCUT2D eigenvalue weighted by atomic mass is 9.98. The fourth-order valence-corrected chi connectivity index (χ4v) is 5.09. The molecule has 8 nitrogen and oxygen atoms in total. The number of hydrogen-bond acceptors (Lipinski definition) is 6. The number of hydrogen-bond donors (Lipinski definition) is 1. The predicted octanol–water partition coefficient (Wildman–Crippen LogP) is 4.09. The molecule has 2 atom stereocenters. The lowest BCUT2D eigenvalue weighted by Gasteiger charge is -2.14. The van der Waals surface area contributed by atoms with E-state index >= 15 is 0 Å². The highest BCUT2D eigenvalue weighted by Gasteiger charge is 2.30. The van der Waals surface area contributed by atoms with Gasteiger partial charge >= 0.3 is 5.69 Å². The molecule has 4 aromatic rings. The van der Waals surface area contributed by atoms with Crippen molar-refractivity contribution in [2.75, 3.05) is 34.4 Å². The summed E-state index contributed by atoms with van der Waals surface area (Å²) >= 11 is 0. The van der Waals surface area contributed by atoms with Gasteiger partial charge in [0.25, 0.3) is 0 Å². The maximum atomic E-state index is 12.6. The van der Waals surface area contributed by atoms with E-state index in [4.69, 9.17) is 14.5 Å². The Kier molecular flexibility index (Phi) is 6.58. The summed E-state index contributed by atoms with van der Waals surface area (Å²) in [5.74, 6) is 0.905. The molecule has 0 saturated heterocycles. The Morgan fingerprint density at radius 1 is 1.17 bits per heavy atom. The number of imidazole rings is 1. The summed E-state index contributed by atoms with van der Waals surface area (Å²) in [6, 6.07) is 10.1. The average Bonchev–Trinajstić information content (AvgIpc) is 3.46. The van der Waals surface area contributed by atoms with Gasteiger partial charge in [0, 0.05) is 49.8 Å². The first-order chi connectivity index (χ1) is 16.9. The standard InChI is InChI=1S/C27H33N5O3/c1-31(2)12-5-13-35-23-11-8-19(16-28-23)17-7-10-22-21(15-17)25-26(32(3)27(33)30-25)24(29-22)18-6-9-20(14-18)34-4/h7-8,10-11,15-16,18,20H,5-6,9,12-14H2,1-4H3,(H,30,33)/t18-,20-/m0/s1. The van der Waals surface area contributed by atoms with Crippen molar-refractivity contribution in [2.24, 2.45) is 7.05 Å². The highest BCUT2D eigenvalue weighted by atomic mass is 16.5. The van der Waals surface area contributed by atoms with Crippen LogP contribution in [0.3, 0.4) is 0 Å². The number of nitrogens with zero attached hydrogens (tertiary/aromatic N) is 4. The van der Waals surface area contributed by atoms with Crippen molar-refractivity contribution in [2.45, 2.75) is 37.7 Å². The Morgan fingerprint density at radius 2 is 2.00 bits per heavy atom. The summed E-state index contributed by atoms with van der Waals surface area (Å²) < 4.78 is 13.0. The van der Waals surface area contributed by atoms with Crippen LogP contribution in [0.5, 0.6) is 5.88 Å². The predicted molar refractivity (Wildman–Crippen MR) is 138 cm³/mol. The highest BCUT2D eigenvalue weighted by Crippen LogP contribution is 2.39. The number of H-pyrrole nitrogens is 1. The van der Waals surface area contributed by atoms with E-state index in [9.17, 15) is 4.79 Å². The third kappa shape index (κ3) is 4.68. The topological polar surface area (TPSA) is 85.3 Å². The quantitative estimate of drug-likeness (QED) is 0.387. The van der Waals surface area contributed by atoms with Crippen LogP contribution < -0.4 is 10.4 Å². The number of aromatic nitrogens is 4. The molecule has 0 radical (unpaired) electrons. The van der Waals surface area contributed by atoms with E-state index in [0.717, 1.165) is 71.0 Å². The second-order valence-corrected chi connectivity index (χ2v) is 9.70. The van der Waals surface area contributed by atoms with Gasteiger partial charge in [-0.3, -0.25) is 9.55 Å². The molecule has 5 rings (SSSR count). The van der Waals surface area contributed by atoms with Crippen molar-refractivity contribution < 1.29 is 9.47 Å². The molecule has 3 heterocycles. The molecule has 0 bridgehead atoms. The first-order valence-electron chi connectivity index (χ1n) is 12.2. The molecule has 0 unspecified atom stereocenters. The van der Waals surface area contributed by atoms with Gasteiger partial charge in [-0.05, 0) is 63.5 Å². The van der Waals surface area contributed by atoms with E-state index < -0.39 is 0 Å². The maximum Gasteiger partial charge on any atom is 0.326 e. The van der Waals surface area contributed by atoms with Gasteiger partial charge in [0.2, 0.25) is 5.88 Å². The molecule has 1 N–H and O–H groups in total. The molecule has 0 amide bonds. The van der Waals surface area contributed by atoms with E-state index in [1.165, 1.54) is 0 Å². The molecule has 0 aliphatic heterocycles. The molecule has 1 aliphatic carbocycles. The number of ether oxygens (including phenoxy) is 2. The van der Waals surface area contributed by atoms with Gasteiger partial charge in [0.15, 0.2) is 0 Å². The first-order valence-corrected chi connectivity index (χ1v) is 12.2. The number of rotatable bonds is 8.